The summed E-state index contributed by atoms with van der Waals surface area (Å²) < 4.78 is 0. The van der Waals surface area contributed by atoms with Crippen LogP contribution in [0.1, 0.15) is 10.5 Å². The van der Waals surface area contributed by atoms with Gasteiger partial charge >= 0.3 is 11.1 Å². The van der Waals surface area contributed by atoms with Crippen LogP contribution in [0, 0.1) is 0 Å². The number of hydrogen-bond acceptors (Lipinski definition) is 5. The zero-order valence-electron chi connectivity index (χ0n) is 9.97. The van der Waals surface area contributed by atoms with Crippen LogP contribution in [-0.2, 0) is 0 Å². The number of rotatable bonds is 2. The lowest BCUT2D eigenvalue weighted by Gasteiger charge is -2.04. The molecule has 0 spiro atoms. The third-order valence-corrected chi connectivity index (χ3v) is 3.23. The molecule has 2 heterocycles. The number of anilines is 1. The fourth-order valence-electron chi connectivity index (χ4n) is 1.71. The second-order valence-corrected chi connectivity index (χ2v) is 4.72. The molecule has 0 atom stereocenters. The number of carbonyl (C=O) groups excluding carboxylic acids is 1. The molecule has 0 aliphatic carbocycles. The van der Waals surface area contributed by atoms with Crippen molar-refractivity contribution in [3.8, 4) is 0 Å². The minimum absolute atomic E-state index is 0.324. The molecule has 8 heteroatoms. The molecule has 2 aromatic heterocycles. The minimum atomic E-state index is -0.736. The van der Waals surface area contributed by atoms with Crippen molar-refractivity contribution in [2.75, 3.05) is 5.32 Å². The number of fused-ring (bicyclic) bond motifs is 1. The summed E-state index contributed by atoms with van der Waals surface area (Å²) >= 11 is 1.33. The van der Waals surface area contributed by atoms with Crippen molar-refractivity contribution >= 4 is 34.0 Å². The predicted molar refractivity (Wildman–Crippen MR) is 75.3 cm³/mol. The van der Waals surface area contributed by atoms with Gasteiger partial charge in [-0.3, -0.25) is 14.4 Å². The Bertz CT molecular complexity index is 895. The largest absolute Gasteiger partial charge is 0.321 e. The standard InChI is InChI=1S/C12H8N4O3S/c17-10(9-4-20-5-13-9)14-6-1-2-7-8(3-6)16-12(19)11(18)15-7/h1-5H,(H,14,17)(H,15,18)(H,16,19). The summed E-state index contributed by atoms with van der Waals surface area (Å²) in [6.07, 6.45) is 0. The van der Waals surface area contributed by atoms with Crippen molar-refractivity contribution in [1.29, 1.82) is 0 Å². The van der Waals surface area contributed by atoms with Crippen LogP contribution < -0.4 is 16.4 Å². The summed E-state index contributed by atoms with van der Waals surface area (Å²) in [5.41, 5.74) is 1.87. The van der Waals surface area contributed by atoms with Crippen molar-refractivity contribution in [1.82, 2.24) is 15.0 Å². The van der Waals surface area contributed by atoms with E-state index in [0.29, 0.717) is 22.4 Å². The maximum atomic E-state index is 11.8. The van der Waals surface area contributed by atoms with Gasteiger partial charge in [0.15, 0.2) is 0 Å². The Morgan fingerprint density at radius 1 is 1.15 bits per heavy atom. The third-order valence-electron chi connectivity index (χ3n) is 2.65. The first-order valence-corrected chi connectivity index (χ1v) is 6.54. The van der Waals surface area contributed by atoms with E-state index in [-0.39, 0.29) is 5.91 Å². The summed E-state index contributed by atoms with van der Waals surface area (Å²) in [5, 5.41) is 4.30. The van der Waals surface area contributed by atoms with Crippen LogP contribution >= 0.6 is 11.3 Å². The van der Waals surface area contributed by atoms with E-state index < -0.39 is 11.1 Å². The van der Waals surface area contributed by atoms with Crippen LogP contribution in [0.25, 0.3) is 11.0 Å². The van der Waals surface area contributed by atoms with E-state index in [9.17, 15) is 14.4 Å². The highest BCUT2D eigenvalue weighted by Gasteiger charge is 2.08. The van der Waals surface area contributed by atoms with Crippen LogP contribution in [0.3, 0.4) is 0 Å². The quantitative estimate of drug-likeness (QED) is 0.609. The van der Waals surface area contributed by atoms with Crippen molar-refractivity contribution in [3.63, 3.8) is 0 Å². The number of aromatic amines is 2. The van der Waals surface area contributed by atoms with Gasteiger partial charge in [-0.2, -0.15) is 0 Å². The first-order valence-electron chi connectivity index (χ1n) is 5.59. The van der Waals surface area contributed by atoms with E-state index in [1.165, 1.54) is 11.3 Å². The van der Waals surface area contributed by atoms with E-state index in [4.69, 9.17) is 0 Å². The zero-order valence-corrected chi connectivity index (χ0v) is 10.8. The molecule has 3 aromatic rings. The second-order valence-electron chi connectivity index (χ2n) is 4.00. The first-order chi connectivity index (χ1) is 9.63. The zero-order chi connectivity index (χ0) is 14.1. The SMILES string of the molecule is O=C(Nc1ccc2[nH]c(=O)c(=O)[nH]c2c1)c1cscn1. The Kier molecular flexibility index (Phi) is 2.92. The second kappa shape index (κ2) is 4.74. The van der Waals surface area contributed by atoms with Gasteiger partial charge in [-0.1, -0.05) is 0 Å². The molecule has 3 rings (SSSR count). The number of hydrogen-bond donors (Lipinski definition) is 3. The van der Waals surface area contributed by atoms with Crippen LogP contribution in [-0.4, -0.2) is 20.9 Å². The van der Waals surface area contributed by atoms with Gasteiger partial charge in [0.2, 0.25) is 0 Å². The molecule has 1 aromatic carbocycles. The van der Waals surface area contributed by atoms with Gasteiger partial charge in [-0.25, -0.2) is 4.98 Å². The molecule has 7 nitrogen and oxygen atoms in total. The Morgan fingerprint density at radius 2 is 1.90 bits per heavy atom. The van der Waals surface area contributed by atoms with Gasteiger partial charge in [0, 0.05) is 11.1 Å². The summed E-state index contributed by atoms with van der Waals surface area (Å²) in [4.78, 5) is 43.1. The number of aromatic nitrogens is 3. The Balaban J connectivity index is 1.97. The lowest BCUT2D eigenvalue weighted by Crippen LogP contribution is -2.28. The highest BCUT2D eigenvalue weighted by molar-refractivity contribution is 7.07. The maximum absolute atomic E-state index is 11.8. The topological polar surface area (TPSA) is 108 Å². The highest BCUT2D eigenvalue weighted by atomic mass is 32.1. The normalized spacial score (nSPS) is 10.6. The molecule has 3 N–H and O–H groups in total. The lowest BCUT2D eigenvalue weighted by molar-refractivity contribution is 0.102. The van der Waals surface area contributed by atoms with Gasteiger partial charge < -0.3 is 15.3 Å². The molecule has 20 heavy (non-hydrogen) atoms. The van der Waals surface area contributed by atoms with Crippen LogP contribution in [0.2, 0.25) is 0 Å². The van der Waals surface area contributed by atoms with E-state index in [0.717, 1.165) is 0 Å². The van der Waals surface area contributed by atoms with Crippen molar-refractivity contribution in [2.24, 2.45) is 0 Å². The Morgan fingerprint density at radius 3 is 2.60 bits per heavy atom. The number of thiazole rings is 1. The molecular weight excluding hydrogens is 280 g/mol. The smallest absolute Gasteiger partial charge is 0.314 e. The number of amides is 1. The number of carbonyl (C=O) groups is 1. The Labute approximate surface area is 115 Å². The van der Waals surface area contributed by atoms with E-state index in [1.807, 2.05) is 0 Å². The number of H-pyrrole nitrogens is 2. The summed E-state index contributed by atoms with van der Waals surface area (Å²) in [5.74, 6) is -0.336. The minimum Gasteiger partial charge on any atom is -0.321 e. The molecule has 0 unspecified atom stereocenters. The van der Waals surface area contributed by atoms with Gasteiger partial charge in [-0.05, 0) is 18.2 Å². The summed E-state index contributed by atoms with van der Waals surface area (Å²) in [7, 11) is 0. The molecule has 1 amide bonds. The van der Waals surface area contributed by atoms with Crippen LogP contribution in [0.4, 0.5) is 5.69 Å². The lowest BCUT2D eigenvalue weighted by atomic mass is 10.2. The number of benzene rings is 1. The molecule has 100 valence electrons. The number of nitrogens with one attached hydrogen (secondary N) is 3. The van der Waals surface area contributed by atoms with E-state index in [2.05, 4.69) is 20.3 Å². The molecule has 0 fully saturated rings. The molecule has 0 aliphatic heterocycles. The van der Waals surface area contributed by atoms with Crippen molar-refractivity contribution < 1.29 is 4.79 Å². The van der Waals surface area contributed by atoms with Crippen LogP contribution in [0.5, 0.6) is 0 Å². The summed E-state index contributed by atoms with van der Waals surface area (Å²) in [6.45, 7) is 0. The number of nitrogens with zero attached hydrogens (tertiary/aromatic N) is 1. The predicted octanol–water partition coefficient (Wildman–Crippen LogP) is 0.925. The molecule has 0 radical (unpaired) electrons. The van der Waals surface area contributed by atoms with E-state index in [1.54, 1.807) is 29.1 Å². The van der Waals surface area contributed by atoms with Crippen LogP contribution in [0.15, 0.2) is 38.7 Å². The molecule has 0 saturated carbocycles. The highest BCUT2D eigenvalue weighted by Crippen LogP contribution is 2.15. The molecule has 0 saturated heterocycles. The van der Waals surface area contributed by atoms with Gasteiger partial charge in [-0.15, -0.1) is 11.3 Å². The van der Waals surface area contributed by atoms with Crippen molar-refractivity contribution in [3.05, 3.63) is 55.5 Å². The molecular formula is C12H8N4O3S. The van der Waals surface area contributed by atoms with Crippen molar-refractivity contribution in [2.45, 2.75) is 0 Å². The summed E-state index contributed by atoms with van der Waals surface area (Å²) in [6, 6.07) is 4.79. The third kappa shape index (κ3) is 2.24. The fourth-order valence-corrected chi connectivity index (χ4v) is 2.24. The average molecular weight is 288 g/mol. The first kappa shape index (κ1) is 12.3. The van der Waals surface area contributed by atoms with E-state index >= 15 is 0 Å². The maximum Gasteiger partial charge on any atom is 0.314 e. The van der Waals surface area contributed by atoms with Gasteiger partial charge in [0.1, 0.15) is 5.69 Å². The van der Waals surface area contributed by atoms with Gasteiger partial charge in [0.05, 0.1) is 16.5 Å². The fraction of sp³-hybridized carbons (Fsp3) is 0. The van der Waals surface area contributed by atoms with Gasteiger partial charge in [0.25, 0.3) is 5.91 Å². The molecule has 0 aliphatic rings. The monoisotopic (exact) mass is 288 g/mol. The average Bonchev–Trinajstić information content (AvgIpc) is 2.94. The Hall–Kier alpha value is -2.74. The molecule has 0 bridgehead atoms.